The van der Waals surface area contributed by atoms with Gasteiger partial charge in [-0.15, -0.1) is 0 Å². The molecule has 80 valence electrons. The van der Waals surface area contributed by atoms with Crippen LogP contribution in [-0.2, 0) is 13.2 Å². The third-order valence-electron chi connectivity index (χ3n) is 1.91. The van der Waals surface area contributed by atoms with Crippen LogP contribution in [0.15, 0.2) is 9.15 Å². The van der Waals surface area contributed by atoms with Gasteiger partial charge in [0, 0.05) is 0 Å². The first kappa shape index (κ1) is 9.62. The van der Waals surface area contributed by atoms with Crippen molar-refractivity contribution in [1.82, 2.24) is 15.5 Å². The second-order valence-electron chi connectivity index (χ2n) is 2.75. The maximum Gasteiger partial charge on any atom is 0.198 e. The molecule has 0 aliphatic carbocycles. The quantitative estimate of drug-likeness (QED) is 0.607. The Labute approximate surface area is 83.2 Å². The second-order valence-corrected chi connectivity index (χ2v) is 2.75. The van der Waals surface area contributed by atoms with Gasteiger partial charge in [0.05, 0.1) is 12.2 Å². The Kier molecular flexibility index (Phi) is 2.35. The van der Waals surface area contributed by atoms with Crippen molar-refractivity contribution in [3.8, 4) is 11.4 Å². The number of aliphatic hydroxyl groups is 2. The number of aliphatic hydroxyl groups excluding tert-OH is 2. The molecule has 4 N–H and O–H groups in total. The number of rotatable bonds is 3. The third kappa shape index (κ3) is 1.45. The molecule has 15 heavy (non-hydrogen) atoms. The number of hydrogen-bond donors (Lipinski definition) is 3. The molecular formula is C7H8N4O4. The summed E-state index contributed by atoms with van der Waals surface area (Å²) in [4.78, 5) is 0. The van der Waals surface area contributed by atoms with Crippen LogP contribution in [0.25, 0.3) is 11.4 Å². The zero-order chi connectivity index (χ0) is 10.8. The predicted octanol–water partition coefficient (Wildman–Crippen LogP) is -0.709. The monoisotopic (exact) mass is 212 g/mol. The summed E-state index contributed by atoms with van der Waals surface area (Å²) >= 11 is 0. The Morgan fingerprint density at radius 2 is 1.87 bits per heavy atom. The van der Waals surface area contributed by atoms with E-state index < -0.39 is 0 Å². The van der Waals surface area contributed by atoms with Crippen LogP contribution < -0.4 is 5.73 Å². The van der Waals surface area contributed by atoms with E-state index in [1.807, 2.05) is 0 Å². The summed E-state index contributed by atoms with van der Waals surface area (Å²) in [5.41, 5.74) is 6.18. The molecule has 2 heterocycles. The Bertz CT molecular complexity index is 463. The van der Waals surface area contributed by atoms with Gasteiger partial charge in [-0.3, -0.25) is 0 Å². The molecule has 2 rings (SSSR count). The number of nitrogens with zero attached hydrogens (tertiary/aromatic N) is 3. The van der Waals surface area contributed by atoms with Crippen molar-refractivity contribution in [2.45, 2.75) is 13.2 Å². The van der Waals surface area contributed by atoms with Gasteiger partial charge >= 0.3 is 0 Å². The molecule has 0 bridgehead atoms. The molecule has 0 fully saturated rings. The van der Waals surface area contributed by atoms with Gasteiger partial charge in [0.1, 0.15) is 12.3 Å². The molecule has 0 atom stereocenters. The van der Waals surface area contributed by atoms with Crippen LogP contribution in [0.5, 0.6) is 0 Å². The molecule has 0 aliphatic heterocycles. The molecule has 0 saturated heterocycles. The highest BCUT2D eigenvalue weighted by Crippen LogP contribution is 2.27. The summed E-state index contributed by atoms with van der Waals surface area (Å²) in [6.45, 7) is -0.713. The van der Waals surface area contributed by atoms with Gasteiger partial charge in [0.2, 0.25) is 0 Å². The van der Waals surface area contributed by atoms with Gasteiger partial charge < -0.3 is 20.5 Å². The standard InChI is InChI=1S/C7H8N4O4/c8-7-6(10-15-11-7)5-3(1-12)4(2-13)14-9-5/h12-13H,1-2H2,(H2,8,11). The lowest BCUT2D eigenvalue weighted by molar-refractivity contribution is 0.219. The fourth-order valence-corrected chi connectivity index (χ4v) is 1.18. The fraction of sp³-hybridized carbons (Fsp3) is 0.286. The molecule has 8 nitrogen and oxygen atoms in total. The lowest BCUT2D eigenvalue weighted by Gasteiger charge is -1.94. The molecule has 2 aromatic heterocycles. The minimum absolute atomic E-state index is 0.0440. The van der Waals surface area contributed by atoms with Gasteiger partial charge in [0.25, 0.3) is 0 Å². The first-order chi connectivity index (χ1) is 7.27. The normalized spacial score (nSPS) is 10.8. The zero-order valence-corrected chi connectivity index (χ0v) is 7.54. The molecule has 2 aromatic rings. The maximum absolute atomic E-state index is 9.08. The largest absolute Gasteiger partial charge is 0.391 e. The van der Waals surface area contributed by atoms with Crippen molar-refractivity contribution in [2.24, 2.45) is 0 Å². The van der Waals surface area contributed by atoms with E-state index in [4.69, 9.17) is 20.5 Å². The van der Waals surface area contributed by atoms with E-state index >= 15 is 0 Å². The Morgan fingerprint density at radius 3 is 2.40 bits per heavy atom. The average Bonchev–Trinajstić information content (AvgIpc) is 2.82. The molecule has 0 aromatic carbocycles. The van der Waals surface area contributed by atoms with Crippen molar-refractivity contribution < 1.29 is 19.4 Å². The van der Waals surface area contributed by atoms with Crippen LogP contribution in [-0.4, -0.2) is 25.7 Å². The van der Waals surface area contributed by atoms with Crippen LogP contribution in [0.1, 0.15) is 11.3 Å². The van der Waals surface area contributed by atoms with E-state index in [1.165, 1.54) is 0 Å². The summed E-state index contributed by atoms with van der Waals surface area (Å²) in [5, 5.41) is 28.5. The molecule has 0 unspecified atom stereocenters. The first-order valence-electron chi connectivity index (χ1n) is 4.05. The van der Waals surface area contributed by atoms with Crippen LogP contribution in [0.4, 0.5) is 5.82 Å². The lowest BCUT2D eigenvalue weighted by atomic mass is 10.1. The van der Waals surface area contributed by atoms with Crippen molar-refractivity contribution in [3.63, 3.8) is 0 Å². The molecular weight excluding hydrogens is 204 g/mol. The minimum Gasteiger partial charge on any atom is -0.391 e. The summed E-state index contributed by atoms with van der Waals surface area (Å²) in [6.07, 6.45) is 0. The molecule has 0 radical (unpaired) electrons. The third-order valence-corrected chi connectivity index (χ3v) is 1.91. The predicted molar refractivity (Wildman–Crippen MR) is 46.1 cm³/mol. The number of anilines is 1. The number of aromatic nitrogens is 3. The number of nitrogens with two attached hydrogens (primary N) is 1. The SMILES string of the molecule is Nc1nonc1-c1noc(CO)c1CO. The summed E-state index contributed by atoms with van der Waals surface area (Å²) in [5.74, 6) is 0.206. The van der Waals surface area contributed by atoms with E-state index in [0.29, 0.717) is 5.56 Å². The van der Waals surface area contributed by atoms with Gasteiger partial charge in [-0.1, -0.05) is 5.16 Å². The molecule has 0 spiro atoms. The Morgan fingerprint density at radius 1 is 1.07 bits per heavy atom. The Hall–Kier alpha value is -1.93. The lowest BCUT2D eigenvalue weighted by Crippen LogP contribution is -1.94. The van der Waals surface area contributed by atoms with Gasteiger partial charge in [-0.2, -0.15) is 0 Å². The minimum atomic E-state index is -0.367. The van der Waals surface area contributed by atoms with Crippen LogP contribution >= 0.6 is 0 Å². The number of hydrogen-bond acceptors (Lipinski definition) is 8. The smallest absolute Gasteiger partial charge is 0.198 e. The first-order valence-corrected chi connectivity index (χ1v) is 4.05. The molecule has 0 aliphatic rings. The zero-order valence-electron chi connectivity index (χ0n) is 7.54. The average molecular weight is 212 g/mol. The van der Waals surface area contributed by atoms with Crippen molar-refractivity contribution in [1.29, 1.82) is 0 Å². The summed E-state index contributed by atoms with van der Waals surface area (Å²) < 4.78 is 9.18. The summed E-state index contributed by atoms with van der Waals surface area (Å²) in [7, 11) is 0. The van der Waals surface area contributed by atoms with Crippen molar-refractivity contribution in [2.75, 3.05) is 5.73 Å². The van der Waals surface area contributed by atoms with Crippen LogP contribution in [0.3, 0.4) is 0 Å². The van der Waals surface area contributed by atoms with E-state index in [1.54, 1.807) is 0 Å². The molecule has 8 heteroatoms. The van der Waals surface area contributed by atoms with E-state index in [-0.39, 0.29) is 36.2 Å². The number of nitrogen functional groups attached to an aromatic ring is 1. The van der Waals surface area contributed by atoms with Crippen molar-refractivity contribution in [3.05, 3.63) is 11.3 Å². The Balaban J connectivity index is 2.53. The highest BCUT2D eigenvalue weighted by molar-refractivity contribution is 5.68. The van der Waals surface area contributed by atoms with E-state index in [9.17, 15) is 0 Å². The highest BCUT2D eigenvalue weighted by atomic mass is 16.6. The van der Waals surface area contributed by atoms with Crippen LogP contribution in [0.2, 0.25) is 0 Å². The molecule has 0 saturated carbocycles. The van der Waals surface area contributed by atoms with Crippen molar-refractivity contribution >= 4 is 5.82 Å². The van der Waals surface area contributed by atoms with Crippen LogP contribution in [0, 0.1) is 0 Å². The van der Waals surface area contributed by atoms with Gasteiger partial charge in [0.15, 0.2) is 17.3 Å². The maximum atomic E-state index is 9.08. The van der Waals surface area contributed by atoms with Gasteiger partial charge in [-0.05, 0) is 10.3 Å². The topological polar surface area (TPSA) is 131 Å². The van der Waals surface area contributed by atoms with Gasteiger partial charge in [-0.25, -0.2) is 4.63 Å². The molecule has 0 amide bonds. The summed E-state index contributed by atoms with van der Waals surface area (Å²) in [6, 6.07) is 0. The van der Waals surface area contributed by atoms with E-state index in [2.05, 4.69) is 20.1 Å². The fourth-order valence-electron chi connectivity index (χ4n) is 1.18. The van der Waals surface area contributed by atoms with E-state index in [0.717, 1.165) is 0 Å². The second kappa shape index (κ2) is 3.67. The highest BCUT2D eigenvalue weighted by Gasteiger charge is 2.21.